The number of hydrogen-bond donors (Lipinski definition) is 0. The zero-order valence-electron chi connectivity index (χ0n) is 19.0. The van der Waals surface area contributed by atoms with Crippen LogP contribution in [0, 0.1) is 5.41 Å². The van der Waals surface area contributed by atoms with Crippen molar-refractivity contribution in [1.29, 1.82) is 0 Å². The largest absolute Gasteiger partial charge is 0.433 e. The van der Waals surface area contributed by atoms with Crippen LogP contribution in [0.2, 0.25) is 0 Å². The standard InChI is InChI=1S/C23H22F5N7O/c24-18(25)12-34-20-16(10-31-34)29-11-19(32-20)35-13-1-2-14(35)8-22(7-13)5-6-33(21(22)36)15-3-4-17(30-9-15)23(26,27)28/h3-4,9-11,13-14,18H,1-2,5-8,12H2. The summed E-state index contributed by atoms with van der Waals surface area (Å²) in [5, 5.41) is 3.97. The van der Waals surface area contributed by atoms with Gasteiger partial charge in [-0.25, -0.2) is 28.4 Å². The van der Waals surface area contributed by atoms with Crippen molar-refractivity contribution in [2.75, 3.05) is 16.3 Å². The van der Waals surface area contributed by atoms with Gasteiger partial charge in [0.25, 0.3) is 6.43 Å². The average Bonchev–Trinajstić information content (AvgIpc) is 3.45. The summed E-state index contributed by atoms with van der Waals surface area (Å²) >= 11 is 0. The Labute approximate surface area is 202 Å². The van der Waals surface area contributed by atoms with E-state index in [0.717, 1.165) is 29.8 Å². The molecule has 3 aliphatic heterocycles. The lowest BCUT2D eigenvalue weighted by atomic mass is 9.73. The van der Waals surface area contributed by atoms with E-state index in [4.69, 9.17) is 0 Å². The minimum Gasteiger partial charge on any atom is -0.349 e. The number of alkyl halides is 5. The Morgan fingerprint density at radius 2 is 1.81 bits per heavy atom. The molecular formula is C23H22F5N7O. The molecule has 36 heavy (non-hydrogen) atoms. The third kappa shape index (κ3) is 3.66. The topological polar surface area (TPSA) is 80.0 Å². The first-order valence-electron chi connectivity index (χ1n) is 11.7. The SMILES string of the molecule is O=C1N(c2ccc(C(F)(F)F)nc2)CCC12CC1CCC(C2)N1c1cnc2cnn(CC(F)F)c2n1. The van der Waals surface area contributed by atoms with E-state index in [1.165, 1.54) is 17.2 Å². The highest BCUT2D eigenvalue weighted by molar-refractivity contribution is 6.00. The number of hydrogen-bond acceptors (Lipinski definition) is 6. The van der Waals surface area contributed by atoms with Crippen LogP contribution in [0.5, 0.6) is 0 Å². The maximum Gasteiger partial charge on any atom is 0.433 e. The fraction of sp³-hybridized carbons (Fsp3) is 0.522. The zero-order chi connectivity index (χ0) is 25.2. The number of fused-ring (bicyclic) bond motifs is 3. The van der Waals surface area contributed by atoms with Gasteiger partial charge >= 0.3 is 6.18 Å². The van der Waals surface area contributed by atoms with Gasteiger partial charge in [-0.3, -0.25) is 4.79 Å². The Morgan fingerprint density at radius 1 is 1.06 bits per heavy atom. The maximum absolute atomic E-state index is 13.6. The summed E-state index contributed by atoms with van der Waals surface area (Å²) in [5.74, 6) is 0.493. The molecule has 13 heteroatoms. The predicted molar refractivity (Wildman–Crippen MR) is 118 cm³/mol. The molecule has 3 aliphatic rings. The van der Waals surface area contributed by atoms with Gasteiger partial charge in [-0.05, 0) is 44.2 Å². The van der Waals surface area contributed by atoms with Gasteiger partial charge in [0, 0.05) is 18.6 Å². The molecule has 1 amide bonds. The van der Waals surface area contributed by atoms with Crippen LogP contribution in [0.25, 0.3) is 11.2 Å². The van der Waals surface area contributed by atoms with E-state index < -0.39 is 30.3 Å². The second kappa shape index (κ2) is 8.07. The second-order valence-electron chi connectivity index (χ2n) is 9.74. The Bertz CT molecular complexity index is 1290. The van der Waals surface area contributed by atoms with Crippen molar-refractivity contribution in [3.05, 3.63) is 36.4 Å². The van der Waals surface area contributed by atoms with Crippen LogP contribution >= 0.6 is 0 Å². The molecule has 0 aromatic carbocycles. The lowest BCUT2D eigenvalue weighted by Gasteiger charge is -2.44. The number of piperidine rings is 1. The smallest absolute Gasteiger partial charge is 0.349 e. The average molecular weight is 507 g/mol. The minimum absolute atomic E-state index is 0.0246. The maximum atomic E-state index is 13.6. The predicted octanol–water partition coefficient (Wildman–Crippen LogP) is 4.06. The van der Waals surface area contributed by atoms with Crippen molar-refractivity contribution in [2.45, 2.75) is 63.3 Å². The molecule has 6 heterocycles. The van der Waals surface area contributed by atoms with Gasteiger partial charge in [0.2, 0.25) is 5.91 Å². The van der Waals surface area contributed by atoms with Crippen LogP contribution < -0.4 is 9.80 Å². The molecule has 3 aromatic heterocycles. The molecule has 2 unspecified atom stereocenters. The van der Waals surface area contributed by atoms with Gasteiger partial charge in [0.15, 0.2) is 5.65 Å². The summed E-state index contributed by atoms with van der Waals surface area (Å²) in [5.41, 5.74) is -0.493. The molecule has 2 atom stereocenters. The summed E-state index contributed by atoms with van der Waals surface area (Å²) in [7, 11) is 0. The van der Waals surface area contributed by atoms with E-state index in [1.807, 2.05) is 0 Å². The fourth-order valence-electron chi connectivity index (χ4n) is 6.11. The molecule has 3 saturated heterocycles. The van der Waals surface area contributed by atoms with Crippen molar-refractivity contribution in [2.24, 2.45) is 5.41 Å². The van der Waals surface area contributed by atoms with E-state index in [1.54, 1.807) is 6.20 Å². The first-order chi connectivity index (χ1) is 17.1. The van der Waals surface area contributed by atoms with Gasteiger partial charge in [-0.15, -0.1) is 0 Å². The van der Waals surface area contributed by atoms with Crippen LogP contribution in [-0.4, -0.2) is 55.7 Å². The Kier molecular flexibility index (Phi) is 5.16. The van der Waals surface area contributed by atoms with Crippen molar-refractivity contribution in [3.8, 4) is 0 Å². The Hall–Kier alpha value is -3.38. The highest BCUT2D eigenvalue weighted by atomic mass is 19.4. The fourth-order valence-corrected chi connectivity index (χ4v) is 6.11. The number of nitrogens with zero attached hydrogens (tertiary/aromatic N) is 7. The first kappa shape index (κ1) is 23.0. The Morgan fingerprint density at radius 3 is 2.44 bits per heavy atom. The lowest BCUT2D eigenvalue weighted by Crippen LogP contribution is -2.51. The number of amides is 1. The van der Waals surface area contributed by atoms with Gasteiger partial charge < -0.3 is 9.80 Å². The summed E-state index contributed by atoms with van der Waals surface area (Å²) in [4.78, 5) is 29.7. The third-order valence-corrected chi connectivity index (χ3v) is 7.64. The van der Waals surface area contributed by atoms with Crippen molar-refractivity contribution in [3.63, 3.8) is 0 Å². The summed E-state index contributed by atoms with van der Waals surface area (Å²) in [6.45, 7) is -0.148. The molecule has 6 rings (SSSR count). The van der Waals surface area contributed by atoms with Crippen molar-refractivity contribution < 1.29 is 26.7 Å². The third-order valence-electron chi connectivity index (χ3n) is 7.64. The van der Waals surface area contributed by atoms with Gasteiger partial charge in [0.05, 0.1) is 29.7 Å². The molecule has 0 aliphatic carbocycles. The van der Waals surface area contributed by atoms with Crippen LogP contribution in [0.4, 0.5) is 33.5 Å². The van der Waals surface area contributed by atoms with E-state index in [9.17, 15) is 26.7 Å². The van der Waals surface area contributed by atoms with Crippen molar-refractivity contribution in [1.82, 2.24) is 24.7 Å². The van der Waals surface area contributed by atoms with Gasteiger partial charge in [-0.2, -0.15) is 18.3 Å². The van der Waals surface area contributed by atoms with Crippen LogP contribution in [0.3, 0.4) is 0 Å². The monoisotopic (exact) mass is 507 g/mol. The first-order valence-corrected chi connectivity index (χ1v) is 11.7. The molecule has 0 N–H and O–H groups in total. The molecule has 0 radical (unpaired) electrons. The zero-order valence-corrected chi connectivity index (χ0v) is 19.0. The highest BCUT2D eigenvalue weighted by Gasteiger charge is 2.56. The molecular weight excluding hydrogens is 485 g/mol. The number of carbonyl (C=O) groups excluding carboxylic acids is 1. The molecule has 3 fully saturated rings. The molecule has 8 nitrogen and oxygen atoms in total. The van der Waals surface area contributed by atoms with Crippen LogP contribution in [-0.2, 0) is 17.5 Å². The second-order valence-corrected chi connectivity index (χ2v) is 9.74. The van der Waals surface area contributed by atoms with Crippen LogP contribution in [0.1, 0.15) is 37.8 Å². The molecule has 0 saturated carbocycles. The molecule has 3 aromatic rings. The van der Waals surface area contributed by atoms with Crippen LogP contribution in [0.15, 0.2) is 30.7 Å². The van der Waals surface area contributed by atoms with E-state index in [2.05, 4.69) is 25.0 Å². The number of pyridine rings is 1. The summed E-state index contributed by atoms with van der Waals surface area (Å²) < 4.78 is 65.7. The van der Waals surface area contributed by atoms with E-state index in [0.29, 0.717) is 48.5 Å². The van der Waals surface area contributed by atoms with Gasteiger partial charge in [-0.1, -0.05) is 0 Å². The molecule has 1 spiro atoms. The number of aromatic nitrogens is 5. The van der Waals surface area contributed by atoms with Crippen molar-refractivity contribution >= 4 is 28.6 Å². The quantitative estimate of drug-likeness (QED) is 0.496. The number of anilines is 2. The molecule has 2 bridgehead atoms. The minimum atomic E-state index is -4.54. The molecule has 190 valence electrons. The number of rotatable bonds is 4. The number of halogens is 5. The summed E-state index contributed by atoms with van der Waals surface area (Å²) in [6.07, 6.45) is 0.536. The Balaban J connectivity index is 1.23. The van der Waals surface area contributed by atoms with Gasteiger partial charge in [0.1, 0.15) is 23.6 Å². The number of carbonyl (C=O) groups is 1. The summed E-state index contributed by atoms with van der Waals surface area (Å²) in [6, 6.07) is 2.24. The van der Waals surface area contributed by atoms with E-state index in [-0.39, 0.29) is 18.0 Å². The van der Waals surface area contributed by atoms with E-state index >= 15 is 0 Å². The normalized spacial score (nSPS) is 26.2. The lowest BCUT2D eigenvalue weighted by molar-refractivity contribution is -0.141. The highest BCUT2D eigenvalue weighted by Crippen LogP contribution is 2.52.